The molecule has 0 amide bonds. The van der Waals surface area contributed by atoms with Gasteiger partial charge in [0, 0.05) is 12.1 Å². The summed E-state index contributed by atoms with van der Waals surface area (Å²) in [5.74, 6) is -0.956. The summed E-state index contributed by atoms with van der Waals surface area (Å²) in [6.07, 6.45) is 1.01. The number of halogens is 3. The molecule has 0 atom stereocenters. The molecule has 0 aliphatic heterocycles. The van der Waals surface area contributed by atoms with Crippen molar-refractivity contribution in [3.05, 3.63) is 28.0 Å². The summed E-state index contributed by atoms with van der Waals surface area (Å²) >= 11 is 11.3. The molecule has 3 N–H and O–H groups in total. The van der Waals surface area contributed by atoms with Crippen molar-refractivity contribution in [1.82, 2.24) is 4.72 Å². The fourth-order valence-corrected chi connectivity index (χ4v) is 4.08. The Labute approximate surface area is 128 Å². The van der Waals surface area contributed by atoms with Crippen molar-refractivity contribution in [3.63, 3.8) is 0 Å². The zero-order valence-electron chi connectivity index (χ0n) is 11.2. The molecule has 1 aromatic carbocycles. The summed E-state index contributed by atoms with van der Waals surface area (Å²) in [4.78, 5) is -0.346. The maximum Gasteiger partial charge on any atom is 0.242 e. The lowest BCUT2D eigenvalue weighted by Crippen LogP contribution is -2.52. The molecule has 0 saturated carbocycles. The van der Waals surface area contributed by atoms with E-state index in [4.69, 9.17) is 28.9 Å². The van der Waals surface area contributed by atoms with Gasteiger partial charge in [0.05, 0.1) is 10.0 Å². The molecule has 1 rings (SSSR count). The van der Waals surface area contributed by atoms with Gasteiger partial charge in [-0.1, -0.05) is 37.0 Å². The molecule has 0 bridgehead atoms. The van der Waals surface area contributed by atoms with E-state index >= 15 is 0 Å². The number of sulfonamides is 1. The maximum atomic E-state index is 13.6. The van der Waals surface area contributed by atoms with E-state index in [-0.39, 0.29) is 16.5 Å². The molecule has 114 valence electrons. The molecule has 8 heteroatoms. The minimum absolute atomic E-state index is 0.132. The molecule has 0 aliphatic carbocycles. The highest BCUT2D eigenvalue weighted by molar-refractivity contribution is 7.89. The van der Waals surface area contributed by atoms with Gasteiger partial charge in [0.2, 0.25) is 10.0 Å². The highest BCUT2D eigenvalue weighted by Gasteiger charge is 2.32. The minimum atomic E-state index is -3.98. The Balaban J connectivity index is 3.28. The van der Waals surface area contributed by atoms with Gasteiger partial charge in [-0.2, -0.15) is 0 Å². The summed E-state index contributed by atoms with van der Waals surface area (Å²) in [5.41, 5.74) is 4.87. The first kappa shape index (κ1) is 17.7. The zero-order chi connectivity index (χ0) is 15.6. The molecule has 0 unspecified atom stereocenters. The lowest BCUT2D eigenvalue weighted by Gasteiger charge is -2.31. The van der Waals surface area contributed by atoms with Crippen LogP contribution in [-0.4, -0.2) is 20.5 Å². The fraction of sp³-hybridized carbons (Fsp3) is 0.500. The topological polar surface area (TPSA) is 72.2 Å². The second-order valence-corrected chi connectivity index (χ2v) is 6.91. The van der Waals surface area contributed by atoms with E-state index in [2.05, 4.69) is 4.72 Å². The molecule has 1 aromatic rings. The van der Waals surface area contributed by atoms with Gasteiger partial charge in [-0.25, -0.2) is 17.5 Å². The van der Waals surface area contributed by atoms with E-state index in [1.54, 1.807) is 0 Å². The van der Waals surface area contributed by atoms with E-state index in [0.717, 1.165) is 6.07 Å². The Morgan fingerprint density at radius 1 is 1.30 bits per heavy atom. The number of rotatable bonds is 6. The number of nitrogens with one attached hydrogen (secondary N) is 1. The van der Waals surface area contributed by atoms with Crippen LogP contribution in [0.5, 0.6) is 0 Å². The van der Waals surface area contributed by atoms with Crippen LogP contribution >= 0.6 is 23.2 Å². The van der Waals surface area contributed by atoms with Crippen LogP contribution in [0.15, 0.2) is 17.0 Å². The third-order valence-electron chi connectivity index (χ3n) is 3.38. The van der Waals surface area contributed by atoms with Crippen molar-refractivity contribution >= 4 is 33.2 Å². The van der Waals surface area contributed by atoms with Crippen LogP contribution in [0.1, 0.15) is 26.7 Å². The lowest BCUT2D eigenvalue weighted by molar-refractivity contribution is 0.363. The van der Waals surface area contributed by atoms with Gasteiger partial charge in [-0.05, 0) is 25.0 Å². The number of nitrogens with two attached hydrogens (primary N) is 1. The molecular weight excluding hydrogens is 326 g/mol. The molecule has 0 spiro atoms. The van der Waals surface area contributed by atoms with Crippen molar-refractivity contribution < 1.29 is 12.8 Å². The van der Waals surface area contributed by atoms with Gasteiger partial charge in [0.1, 0.15) is 4.90 Å². The Morgan fingerprint density at radius 2 is 1.85 bits per heavy atom. The minimum Gasteiger partial charge on any atom is -0.329 e. The van der Waals surface area contributed by atoms with Crippen molar-refractivity contribution in [2.75, 3.05) is 6.54 Å². The molecule has 0 radical (unpaired) electrons. The number of hydrogen-bond donors (Lipinski definition) is 2. The second-order valence-electron chi connectivity index (χ2n) is 4.47. The Bertz CT molecular complexity index is 581. The quantitative estimate of drug-likeness (QED) is 0.780. The van der Waals surface area contributed by atoms with Crippen LogP contribution < -0.4 is 10.5 Å². The zero-order valence-corrected chi connectivity index (χ0v) is 13.5. The Hall–Kier alpha value is -0.400. The van der Waals surface area contributed by atoms with Crippen molar-refractivity contribution in [2.24, 2.45) is 5.73 Å². The predicted molar refractivity (Wildman–Crippen MR) is 79.1 cm³/mol. The third-order valence-corrected chi connectivity index (χ3v) is 5.78. The highest BCUT2D eigenvalue weighted by Crippen LogP contribution is 2.30. The normalized spacial score (nSPS) is 12.7. The molecule has 4 nitrogen and oxygen atoms in total. The monoisotopic (exact) mass is 342 g/mol. The van der Waals surface area contributed by atoms with E-state index < -0.39 is 26.4 Å². The Morgan fingerprint density at radius 3 is 2.30 bits per heavy atom. The summed E-state index contributed by atoms with van der Waals surface area (Å²) in [6.45, 7) is 3.78. The summed E-state index contributed by atoms with van der Waals surface area (Å²) in [7, 11) is -3.98. The summed E-state index contributed by atoms with van der Waals surface area (Å²) in [6, 6.07) is 2.32. The van der Waals surface area contributed by atoms with Gasteiger partial charge in [0.25, 0.3) is 0 Å². The van der Waals surface area contributed by atoms with Crippen LogP contribution in [0.4, 0.5) is 4.39 Å². The van der Waals surface area contributed by atoms with Gasteiger partial charge in [-0.15, -0.1) is 0 Å². The van der Waals surface area contributed by atoms with Crippen LogP contribution in [-0.2, 0) is 10.0 Å². The second kappa shape index (κ2) is 6.58. The molecule has 0 aromatic heterocycles. The number of hydrogen-bond acceptors (Lipinski definition) is 3. The first-order valence-corrected chi connectivity index (χ1v) is 8.34. The summed E-state index contributed by atoms with van der Waals surface area (Å²) in [5, 5.41) is -0.756. The standard InChI is InChI=1S/C12H17Cl2FN2O2S/c1-3-12(4-2,7-16)17-20(18,19)9-6-5-8(13)11(15)10(9)14/h5-6,17H,3-4,7,16H2,1-2H3. The van der Waals surface area contributed by atoms with Crippen molar-refractivity contribution in [1.29, 1.82) is 0 Å². The SMILES string of the molecule is CCC(CC)(CN)NS(=O)(=O)c1ccc(Cl)c(F)c1Cl. The van der Waals surface area contributed by atoms with Gasteiger partial charge >= 0.3 is 0 Å². The van der Waals surface area contributed by atoms with Gasteiger partial charge in [-0.3, -0.25) is 0 Å². The average Bonchev–Trinajstić information content (AvgIpc) is 2.42. The molecule has 0 aliphatic rings. The Kier molecular flexibility index (Phi) is 5.80. The molecular formula is C12H17Cl2FN2O2S. The van der Waals surface area contributed by atoms with Crippen LogP contribution in [0.25, 0.3) is 0 Å². The highest BCUT2D eigenvalue weighted by atomic mass is 35.5. The van der Waals surface area contributed by atoms with Crippen molar-refractivity contribution in [3.8, 4) is 0 Å². The average molecular weight is 343 g/mol. The smallest absolute Gasteiger partial charge is 0.242 e. The van der Waals surface area contributed by atoms with Gasteiger partial charge < -0.3 is 5.73 Å². The summed E-state index contributed by atoms with van der Waals surface area (Å²) < 4.78 is 40.8. The van der Waals surface area contributed by atoms with Crippen molar-refractivity contribution in [2.45, 2.75) is 37.1 Å². The van der Waals surface area contributed by atoms with Crippen LogP contribution in [0, 0.1) is 5.82 Å². The molecule has 0 fully saturated rings. The molecule has 20 heavy (non-hydrogen) atoms. The molecule has 0 saturated heterocycles. The van der Waals surface area contributed by atoms with E-state index in [1.807, 2.05) is 13.8 Å². The first-order chi connectivity index (χ1) is 9.23. The molecule has 0 heterocycles. The van der Waals surface area contributed by atoms with Gasteiger partial charge in [0.15, 0.2) is 5.82 Å². The first-order valence-electron chi connectivity index (χ1n) is 6.10. The largest absolute Gasteiger partial charge is 0.329 e. The van der Waals surface area contributed by atoms with E-state index in [9.17, 15) is 12.8 Å². The predicted octanol–water partition coefficient (Wildman–Crippen LogP) is 2.93. The number of benzene rings is 1. The van der Waals surface area contributed by atoms with E-state index in [0.29, 0.717) is 12.8 Å². The lowest BCUT2D eigenvalue weighted by atomic mass is 9.95. The van der Waals surface area contributed by atoms with Crippen LogP contribution in [0.3, 0.4) is 0 Å². The fourth-order valence-electron chi connectivity index (χ4n) is 1.78. The van der Waals surface area contributed by atoms with E-state index in [1.165, 1.54) is 6.07 Å². The maximum absolute atomic E-state index is 13.6. The third kappa shape index (κ3) is 3.43. The van der Waals surface area contributed by atoms with Crippen LogP contribution in [0.2, 0.25) is 10.0 Å².